The van der Waals surface area contributed by atoms with Crippen molar-refractivity contribution in [3.63, 3.8) is 0 Å². The van der Waals surface area contributed by atoms with E-state index in [2.05, 4.69) is 4.98 Å². The summed E-state index contributed by atoms with van der Waals surface area (Å²) in [7, 11) is 0. The maximum Gasteiger partial charge on any atom is 0.198 e. The summed E-state index contributed by atoms with van der Waals surface area (Å²) in [6.45, 7) is 0.663. The lowest BCUT2D eigenvalue weighted by molar-refractivity contribution is 0.103. The van der Waals surface area contributed by atoms with Crippen molar-refractivity contribution in [3.05, 3.63) is 58.4 Å². The van der Waals surface area contributed by atoms with E-state index in [0.29, 0.717) is 28.6 Å². The van der Waals surface area contributed by atoms with E-state index in [4.69, 9.17) is 16.3 Å². The van der Waals surface area contributed by atoms with Gasteiger partial charge in [-0.05, 0) is 36.6 Å². The second-order valence-electron chi connectivity index (χ2n) is 4.44. The lowest BCUT2D eigenvalue weighted by atomic mass is 9.97. The predicted octanol–water partition coefficient (Wildman–Crippen LogP) is 3.29. The molecule has 3 nitrogen and oxygen atoms in total. The van der Waals surface area contributed by atoms with Crippen LogP contribution in [0.25, 0.3) is 0 Å². The molecule has 1 aromatic carbocycles. The molecule has 2 heterocycles. The summed E-state index contributed by atoms with van der Waals surface area (Å²) >= 11 is 5.73. The van der Waals surface area contributed by atoms with Gasteiger partial charge in [0.25, 0.3) is 0 Å². The molecule has 0 aliphatic carbocycles. The van der Waals surface area contributed by atoms with Crippen molar-refractivity contribution in [2.75, 3.05) is 6.61 Å². The Labute approximate surface area is 116 Å². The molecule has 1 aliphatic rings. The number of rotatable bonds is 2. The molecule has 1 aliphatic heterocycles. The SMILES string of the molecule is O=C(c1ccc(Cl)nc1)c1cccc2c1OCCC2. The molecule has 96 valence electrons. The highest BCUT2D eigenvalue weighted by Crippen LogP contribution is 2.30. The number of halogens is 1. The first kappa shape index (κ1) is 12.2. The maximum absolute atomic E-state index is 12.5. The minimum atomic E-state index is -0.0806. The maximum atomic E-state index is 12.5. The van der Waals surface area contributed by atoms with E-state index in [9.17, 15) is 4.79 Å². The van der Waals surface area contributed by atoms with E-state index in [1.165, 1.54) is 6.20 Å². The van der Waals surface area contributed by atoms with Crippen LogP contribution in [-0.2, 0) is 6.42 Å². The Balaban J connectivity index is 2.02. The summed E-state index contributed by atoms with van der Waals surface area (Å²) in [6.07, 6.45) is 3.44. The van der Waals surface area contributed by atoms with Crippen molar-refractivity contribution in [1.29, 1.82) is 0 Å². The van der Waals surface area contributed by atoms with Crippen LogP contribution < -0.4 is 4.74 Å². The Morgan fingerprint density at radius 3 is 2.95 bits per heavy atom. The van der Waals surface area contributed by atoms with Gasteiger partial charge in [-0.1, -0.05) is 23.7 Å². The molecule has 4 heteroatoms. The van der Waals surface area contributed by atoms with Crippen LogP contribution in [0, 0.1) is 0 Å². The van der Waals surface area contributed by atoms with Gasteiger partial charge in [-0.3, -0.25) is 4.79 Å². The number of carbonyl (C=O) groups excluding carboxylic acids is 1. The van der Waals surface area contributed by atoms with E-state index >= 15 is 0 Å². The molecule has 0 amide bonds. The van der Waals surface area contributed by atoms with Crippen LogP contribution in [0.15, 0.2) is 36.5 Å². The second-order valence-corrected chi connectivity index (χ2v) is 4.83. The number of nitrogens with zero attached hydrogens (tertiary/aromatic N) is 1. The number of benzene rings is 1. The van der Waals surface area contributed by atoms with Crippen molar-refractivity contribution in [2.24, 2.45) is 0 Å². The summed E-state index contributed by atoms with van der Waals surface area (Å²) in [5.74, 6) is 0.636. The van der Waals surface area contributed by atoms with Gasteiger partial charge in [0.05, 0.1) is 12.2 Å². The van der Waals surface area contributed by atoms with E-state index in [0.717, 1.165) is 18.4 Å². The molecular formula is C15H12ClNO2. The summed E-state index contributed by atoms with van der Waals surface area (Å²) in [5.41, 5.74) is 2.22. The lowest BCUT2D eigenvalue weighted by Crippen LogP contribution is -2.13. The van der Waals surface area contributed by atoms with Crippen LogP contribution in [0.5, 0.6) is 5.75 Å². The first-order valence-corrected chi connectivity index (χ1v) is 6.54. The number of aromatic nitrogens is 1. The van der Waals surface area contributed by atoms with Gasteiger partial charge in [0.2, 0.25) is 0 Å². The smallest absolute Gasteiger partial charge is 0.198 e. The van der Waals surface area contributed by atoms with Crippen molar-refractivity contribution in [2.45, 2.75) is 12.8 Å². The Morgan fingerprint density at radius 2 is 2.16 bits per heavy atom. The number of hydrogen-bond acceptors (Lipinski definition) is 3. The molecular weight excluding hydrogens is 262 g/mol. The van der Waals surface area contributed by atoms with E-state index in [1.54, 1.807) is 18.2 Å². The van der Waals surface area contributed by atoms with Crippen LogP contribution in [0.2, 0.25) is 5.15 Å². The van der Waals surface area contributed by atoms with Crippen LogP contribution in [0.4, 0.5) is 0 Å². The molecule has 19 heavy (non-hydrogen) atoms. The minimum Gasteiger partial charge on any atom is -0.493 e. The standard InChI is InChI=1S/C15H12ClNO2/c16-13-7-6-11(9-17-13)14(18)12-5-1-3-10-4-2-8-19-15(10)12/h1,3,5-7,9H,2,4,8H2. The quantitative estimate of drug-likeness (QED) is 0.623. The molecule has 3 rings (SSSR count). The van der Waals surface area contributed by atoms with Gasteiger partial charge in [-0.15, -0.1) is 0 Å². The number of ether oxygens (including phenoxy) is 1. The molecule has 0 fully saturated rings. The Kier molecular flexibility index (Phi) is 3.22. The van der Waals surface area contributed by atoms with Crippen LogP contribution in [0.3, 0.4) is 0 Å². The zero-order valence-electron chi connectivity index (χ0n) is 10.2. The predicted molar refractivity (Wildman–Crippen MR) is 72.9 cm³/mol. The van der Waals surface area contributed by atoms with Crippen molar-refractivity contribution in [3.8, 4) is 5.75 Å². The first-order valence-electron chi connectivity index (χ1n) is 6.16. The summed E-state index contributed by atoms with van der Waals surface area (Å²) in [6, 6.07) is 8.99. The van der Waals surface area contributed by atoms with Crippen molar-refractivity contribution < 1.29 is 9.53 Å². The number of hydrogen-bond donors (Lipinski definition) is 0. The van der Waals surface area contributed by atoms with Gasteiger partial charge in [-0.25, -0.2) is 4.98 Å². The molecule has 0 atom stereocenters. The fraction of sp³-hybridized carbons (Fsp3) is 0.200. The molecule has 0 saturated heterocycles. The highest BCUT2D eigenvalue weighted by Gasteiger charge is 2.20. The van der Waals surface area contributed by atoms with Gasteiger partial charge in [-0.2, -0.15) is 0 Å². The molecule has 2 aromatic rings. The van der Waals surface area contributed by atoms with Crippen LogP contribution in [-0.4, -0.2) is 17.4 Å². The van der Waals surface area contributed by atoms with Crippen LogP contribution in [0.1, 0.15) is 27.9 Å². The first-order chi connectivity index (χ1) is 9.25. The Hall–Kier alpha value is -1.87. The largest absolute Gasteiger partial charge is 0.493 e. The van der Waals surface area contributed by atoms with Crippen molar-refractivity contribution >= 4 is 17.4 Å². The van der Waals surface area contributed by atoms with Gasteiger partial charge in [0, 0.05) is 11.8 Å². The van der Waals surface area contributed by atoms with Gasteiger partial charge in [0.1, 0.15) is 10.9 Å². The minimum absolute atomic E-state index is 0.0806. The molecule has 0 saturated carbocycles. The molecule has 1 aromatic heterocycles. The van der Waals surface area contributed by atoms with Gasteiger partial charge < -0.3 is 4.74 Å². The monoisotopic (exact) mass is 273 g/mol. The summed E-state index contributed by atoms with van der Waals surface area (Å²) < 4.78 is 5.65. The second kappa shape index (κ2) is 5.02. The molecule has 0 N–H and O–H groups in total. The van der Waals surface area contributed by atoms with Gasteiger partial charge >= 0.3 is 0 Å². The molecule has 0 bridgehead atoms. The average molecular weight is 274 g/mol. The summed E-state index contributed by atoms with van der Waals surface area (Å²) in [4.78, 5) is 16.4. The summed E-state index contributed by atoms with van der Waals surface area (Å²) in [5, 5.41) is 0.378. The highest BCUT2D eigenvalue weighted by molar-refractivity contribution is 6.29. The average Bonchev–Trinajstić information content (AvgIpc) is 2.47. The number of fused-ring (bicyclic) bond motifs is 1. The van der Waals surface area contributed by atoms with E-state index in [1.807, 2.05) is 12.1 Å². The molecule has 0 unspecified atom stereocenters. The number of aryl methyl sites for hydroxylation is 1. The lowest BCUT2D eigenvalue weighted by Gasteiger charge is -2.19. The highest BCUT2D eigenvalue weighted by atomic mass is 35.5. The van der Waals surface area contributed by atoms with Gasteiger partial charge in [0.15, 0.2) is 5.78 Å². The number of para-hydroxylation sites is 1. The zero-order valence-corrected chi connectivity index (χ0v) is 11.0. The number of pyridine rings is 1. The van der Waals surface area contributed by atoms with Crippen molar-refractivity contribution in [1.82, 2.24) is 4.98 Å². The molecule has 0 radical (unpaired) electrons. The normalized spacial score (nSPS) is 13.5. The third kappa shape index (κ3) is 2.34. The fourth-order valence-electron chi connectivity index (χ4n) is 2.23. The fourth-order valence-corrected chi connectivity index (χ4v) is 2.35. The van der Waals surface area contributed by atoms with Crippen LogP contribution >= 0.6 is 11.6 Å². The Bertz CT molecular complexity index is 623. The third-order valence-corrected chi connectivity index (χ3v) is 3.39. The number of carbonyl (C=O) groups is 1. The number of ketones is 1. The van der Waals surface area contributed by atoms with E-state index in [-0.39, 0.29) is 5.78 Å². The Morgan fingerprint density at radius 1 is 1.26 bits per heavy atom. The topological polar surface area (TPSA) is 39.2 Å². The zero-order chi connectivity index (χ0) is 13.2. The molecule has 0 spiro atoms. The third-order valence-electron chi connectivity index (χ3n) is 3.17. The van der Waals surface area contributed by atoms with E-state index < -0.39 is 0 Å².